The van der Waals surface area contributed by atoms with E-state index in [0.717, 1.165) is 27.4 Å². The number of fused-ring (bicyclic) bond motifs is 1. The summed E-state index contributed by atoms with van der Waals surface area (Å²) in [7, 11) is 1.55. The van der Waals surface area contributed by atoms with E-state index in [-0.39, 0.29) is 18.4 Å². The van der Waals surface area contributed by atoms with Crippen LogP contribution in [0, 0.1) is 6.92 Å². The SMILES string of the molecule is COc1ccc(C)cc1NC(=O)CN1C(=O)C(C)Oc2ccc(-c3csc(-c4ccccc4)n3)cc21. The van der Waals surface area contributed by atoms with Crippen LogP contribution in [0.2, 0.25) is 0 Å². The van der Waals surface area contributed by atoms with Crippen LogP contribution in [0.15, 0.2) is 72.1 Å². The normalized spacial score (nSPS) is 14.7. The van der Waals surface area contributed by atoms with Gasteiger partial charge in [-0.25, -0.2) is 4.98 Å². The maximum atomic E-state index is 13.1. The third kappa shape index (κ3) is 4.67. The predicted octanol–water partition coefficient (Wildman–Crippen LogP) is 5.55. The zero-order chi connectivity index (χ0) is 25.2. The Labute approximate surface area is 213 Å². The molecule has 1 N–H and O–H groups in total. The quantitative estimate of drug-likeness (QED) is 0.376. The molecule has 0 aliphatic carbocycles. The van der Waals surface area contributed by atoms with E-state index in [0.29, 0.717) is 22.9 Å². The zero-order valence-electron chi connectivity index (χ0n) is 20.1. The average Bonchev–Trinajstić information content (AvgIpc) is 3.38. The molecule has 1 aliphatic heterocycles. The van der Waals surface area contributed by atoms with E-state index >= 15 is 0 Å². The van der Waals surface area contributed by atoms with E-state index in [1.165, 1.54) is 4.90 Å². The Balaban J connectivity index is 1.43. The number of carbonyl (C=O) groups is 2. The smallest absolute Gasteiger partial charge is 0.268 e. The van der Waals surface area contributed by atoms with Gasteiger partial charge in [-0.1, -0.05) is 36.4 Å². The summed E-state index contributed by atoms with van der Waals surface area (Å²) in [5.74, 6) is 0.480. The number of hydrogen-bond donors (Lipinski definition) is 1. The molecule has 0 saturated carbocycles. The first kappa shape index (κ1) is 23.6. The van der Waals surface area contributed by atoms with Crippen molar-refractivity contribution in [1.82, 2.24) is 4.98 Å². The Morgan fingerprint density at radius 2 is 1.92 bits per heavy atom. The second-order valence-electron chi connectivity index (χ2n) is 8.52. The molecule has 0 fully saturated rings. The molecule has 1 atom stereocenters. The van der Waals surface area contributed by atoms with Gasteiger partial charge in [0.05, 0.1) is 24.2 Å². The van der Waals surface area contributed by atoms with Gasteiger partial charge in [-0.15, -0.1) is 11.3 Å². The molecule has 1 unspecified atom stereocenters. The van der Waals surface area contributed by atoms with Gasteiger partial charge in [0.15, 0.2) is 6.10 Å². The number of hydrogen-bond acceptors (Lipinski definition) is 6. The molecular weight excluding hydrogens is 474 g/mol. The molecule has 5 rings (SSSR count). The van der Waals surface area contributed by atoms with E-state index in [4.69, 9.17) is 14.5 Å². The van der Waals surface area contributed by atoms with Gasteiger partial charge in [0.1, 0.15) is 23.1 Å². The van der Waals surface area contributed by atoms with Crippen molar-refractivity contribution >= 4 is 34.5 Å². The molecular formula is C28H25N3O4S. The van der Waals surface area contributed by atoms with Crippen molar-refractivity contribution in [2.45, 2.75) is 20.0 Å². The number of aromatic nitrogens is 1. The number of carbonyl (C=O) groups excluding carboxylic acids is 2. The van der Waals surface area contributed by atoms with Crippen molar-refractivity contribution < 1.29 is 19.1 Å². The van der Waals surface area contributed by atoms with E-state index < -0.39 is 6.10 Å². The summed E-state index contributed by atoms with van der Waals surface area (Å²) >= 11 is 1.55. The second kappa shape index (κ2) is 9.83. The number of methoxy groups -OCH3 is 1. The van der Waals surface area contributed by atoms with Gasteiger partial charge in [-0.3, -0.25) is 14.5 Å². The van der Waals surface area contributed by atoms with Gasteiger partial charge in [0, 0.05) is 16.5 Å². The summed E-state index contributed by atoms with van der Waals surface area (Å²) in [4.78, 5) is 32.3. The lowest BCUT2D eigenvalue weighted by Gasteiger charge is -2.33. The van der Waals surface area contributed by atoms with E-state index in [1.54, 1.807) is 31.4 Å². The van der Waals surface area contributed by atoms with E-state index in [2.05, 4.69) is 5.32 Å². The first-order chi connectivity index (χ1) is 17.4. The Bertz CT molecular complexity index is 1430. The zero-order valence-corrected chi connectivity index (χ0v) is 21.0. The molecule has 1 aromatic heterocycles. The number of ether oxygens (including phenoxy) is 2. The highest BCUT2D eigenvalue weighted by Gasteiger charge is 2.33. The van der Waals surface area contributed by atoms with Crippen LogP contribution in [0.5, 0.6) is 11.5 Å². The fourth-order valence-corrected chi connectivity index (χ4v) is 4.94. The van der Waals surface area contributed by atoms with Crippen LogP contribution in [-0.4, -0.2) is 36.6 Å². The van der Waals surface area contributed by atoms with Crippen molar-refractivity contribution in [3.05, 3.63) is 77.7 Å². The fourth-order valence-electron chi connectivity index (χ4n) is 4.10. The van der Waals surface area contributed by atoms with Crippen molar-refractivity contribution in [2.24, 2.45) is 0 Å². The second-order valence-corrected chi connectivity index (χ2v) is 9.38. The number of aryl methyl sites for hydroxylation is 1. The van der Waals surface area contributed by atoms with E-state index in [9.17, 15) is 9.59 Å². The van der Waals surface area contributed by atoms with Crippen LogP contribution in [0.1, 0.15) is 12.5 Å². The number of amides is 2. The molecule has 0 bridgehead atoms. The lowest BCUT2D eigenvalue weighted by atomic mass is 10.1. The van der Waals surface area contributed by atoms with Gasteiger partial charge in [-0.2, -0.15) is 0 Å². The number of nitrogens with zero attached hydrogens (tertiary/aromatic N) is 2. The van der Waals surface area contributed by atoms with Crippen LogP contribution in [-0.2, 0) is 9.59 Å². The molecule has 3 aromatic carbocycles. The highest BCUT2D eigenvalue weighted by molar-refractivity contribution is 7.13. The molecule has 0 spiro atoms. The Hall–Kier alpha value is -4.17. The topological polar surface area (TPSA) is 80.8 Å². The molecule has 182 valence electrons. The molecule has 0 radical (unpaired) electrons. The minimum Gasteiger partial charge on any atom is -0.495 e. The van der Waals surface area contributed by atoms with Crippen molar-refractivity contribution in [3.63, 3.8) is 0 Å². The summed E-state index contributed by atoms with van der Waals surface area (Å²) in [6, 6.07) is 21.1. The maximum Gasteiger partial charge on any atom is 0.268 e. The lowest BCUT2D eigenvalue weighted by molar-refractivity contribution is -0.127. The molecule has 2 heterocycles. The van der Waals surface area contributed by atoms with E-state index in [1.807, 2.05) is 73.0 Å². The Kier molecular flexibility index (Phi) is 6.43. The van der Waals surface area contributed by atoms with Crippen LogP contribution >= 0.6 is 11.3 Å². The minimum absolute atomic E-state index is 0.160. The monoisotopic (exact) mass is 499 g/mol. The van der Waals surface area contributed by atoms with Crippen LogP contribution in [0.25, 0.3) is 21.8 Å². The summed E-state index contributed by atoms with van der Waals surface area (Å²) in [6.45, 7) is 3.45. The highest BCUT2D eigenvalue weighted by Crippen LogP contribution is 2.38. The number of thiazole rings is 1. The average molecular weight is 500 g/mol. The Morgan fingerprint density at radius 1 is 1.11 bits per heavy atom. The lowest BCUT2D eigenvalue weighted by Crippen LogP contribution is -2.47. The highest BCUT2D eigenvalue weighted by atomic mass is 32.1. The number of rotatable bonds is 6. The number of benzene rings is 3. The van der Waals surface area contributed by atoms with Gasteiger partial charge < -0.3 is 14.8 Å². The summed E-state index contributed by atoms with van der Waals surface area (Å²) in [6.07, 6.45) is -0.700. The molecule has 1 aliphatic rings. The van der Waals surface area contributed by atoms with Gasteiger partial charge in [-0.05, 0) is 49.7 Å². The van der Waals surface area contributed by atoms with Crippen LogP contribution < -0.4 is 19.7 Å². The summed E-state index contributed by atoms with van der Waals surface area (Å²) in [5, 5.41) is 5.77. The number of anilines is 2. The van der Waals surface area contributed by atoms with Gasteiger partial charge >= 0.3 is 0 Å². The third-order valence-corrected chi connectivity index (χ3v) is 6.81. The van der Waals surface area contributed by atoms with Crippen molar-refractivity contribution in [1.29, 1.82) is 0 Å². The minimum atomic E-state index is -0.700. The van der Waals surface area contributed by atoms with Crippen LogP contribution in [0.3, 0.4) is 0 Å². The molecule has 2 amide bonds. The Morgan fingerprint density at radius 3 is 2.69 bits per heavy atom. The third-order valence-electron chi connectivity index (χ3n) is 5.92. The summed E-state index contributed by atoms with van der Waals surface area (Å²) < 4.78 is 11.2. The van der Waals surface area contributed by atoms with Crippen molar-refractivity contribution in [3.8, 4) is 33.3 Å². The molecule has 4 aromatic rings. The first-order valence-corrected chi connectivity index (χ1v) is 12.4. The molecule has 0 saturated heterocycles. The summed E-state index contributed by atoms with van der Waals surface area (Å²) in [5.41, 5.74) is 4.75. The number of nitrogens with one attached hydrogen (secondary N) is 1. The first-order valence-electron chi connectivity index (χ1n) is 11.5. The largest absolute Gasteiger partial charge is 0.495 e. The predicted molar refractivity (Wildman–Crippen MR) is 142 cm³/mol. The maximum absolute atomic E-state index is 13.1. The molecule has 7 nitrogen and oxygen atoms in total. The van der Waals surface area contributed by atoms with Crippen LogP contribution in [0.4, 0.5) is 11.4 Å². The standard InChI is InChI=1S/C28H25N3O4S/c1-17-9-11-24(34-3)21(13-17)29-26(32)15-31-23-14-20(10-12-25(23)35-18(2)28(31)33)22-16-36-27(30-22)19-7-5-4-6-8-19/h4-14,16,18H,15H2,1-3H3,(H,29,32). The van der Waals surface area contributed by atoms with Gasteiger partial charge in [0.2, 0.25) is 5.91 Å². The molecule has 8 heteroatoms. The fraction of sp³-hybridized carbons (Fsp3) is 0.179. The molecule has 36 heavy (non-hydrogen) atoms. The van der Waals surface area contributed by atoms with Crippen molar-refractivity contribution in [2.75, 3.05) is 23.9 Å². The van der Waals surface area contributed by atoms with Gasteiger partial charge in [0.25, 0.3) is 5.91 Å².